The van der Waals surface area contributed by atoms with E-state index in [0.29, 0.717) is 11.5 Å². The summed E-state index contributed by atoms with van der Waals surface area (Å²) in [5.41, 5.74) is 4.88. The maximum absolute atomic E-state index is 10.9. The quantitative estimate of drug-likeness (QED) is 0.639. The van der Waals surface area contributed by atoms with Crippen molar-refractivity contribution in [1.82, 2.24) is 4.98 Å². The topological polar surface area (TPSA) is 118 Å². The Bertz CT molecular complexity index is 736. The molecule has 2 N–H and O–H groups in total. The molecule has 0 aliphatic rings. The van der Waals surface area contributed by atoms with Crippen LogP contribution in [0, 0.1) is 10.1 Å². The van der Waals surface area contributed by atoms with Crippen molar-refractivity contribution in [3.05, 3.63) is 51.7 Å². The highest BCUT2D eigenvalue weighted by molar-refractivity contribution is 6.32. The van der Waals surface area contributed by atoms with Gasteiger partial charge < -0.3 is 15.2 Å². The van der Waals surface area contributed by atoms with Crippen LogP contribution in [0.5, 0.6) is 17.4 Å². The van der Waals surface area contributed by atoms with Gasteiger partial charge in [-0.2, -0.15) is 0 Å². The van der Waals surface area contributed by atoms with E-state index in [0.717, 1.165) is 12.3 Å². The number of nitrogens with zero attached hydrogens (tertiary/aromatic N) is 2. The number of carbonyl (C=O) groups excluding carboxylic acids is 1. The minimum Gasteiger partial charge on any atom is -0.481 e. The molecule has 0 saturated heterocycles. The number of ether oxygens (including phenoxy) is 2. The lowest BCUT2D eigenvalue weighted by atomic mass is 10.3. The first-order chi connectivity index (χ1) is 10.9. The number of rotatable bonds is 6. The summed E-state index contributed by atoms with van der Waals surface area (Å²) in [6.45, 7) is 1.54. The summed E-state index contributed by atoms with van der Waals surface area (Å²) in [7, 11) is 0. The molecule has 120 valence electrons. The van der Waals surface area contributed by atoms with Crippen molar-refractivity contribution >= 4 is 23.2 Å². The van der Waals surface area contributed by atoms with E-state index in [2.05, 4.69) is 4.98 Å². The van der Waals surface area contributed by atoms with Gasteiger partial charge in [-0.05, 0) is 31.2 Å². The maximum atomic E-state index is 10.9. The van der Waals surface area contributed by atoms with Gasteiger partial charge in [0.2, 0.25) is 5.88 Å². The second-order valence-corrected chi connectivity index (χ2v) is 4.88. The lowest BCUT2D eigenvalue weighted by Gasteiger charge is -2.11. The summed E-state index contributed by atoms with van der Waals surface area (Å²) in [6, 6.07) is 7.45. The molecule has 2 aromatic rings. The molecule has 1 unspecified atom stereocenters. The van der Waals surface area contributed by atoms with Crippen LogP contribution < -0.4 is 15.2 Å². The molecule has 23 heavy (non-hydrogen) atoms. The normalized spacial score (nSPS) is 11.6. The predicted octanol–water partition coefficient (Wildman–Crippen LogP) is 2.69. The number of primary amides is 1. The van der Waals surface area contributed by atoms with Gasteiger partial charge in [0.25, 0.3) is 11.6 Å². The molecule has 0 aliphatic carbocycles. The second-order valence-electron chi connectivity index (χ2n) is 4.47. The number of hydrogen-bond donors (Lipinski definition) is 1. The van der Waals surface area contributed by atoms with E-state index >= 15 is 0 Å². The number of amides is 1. The molecule has 2 rings (SSSR count). The maximum Gasteiger partial charge on any atom is 0.289 e. The van der Waals surface area contributed by atoms with Gasteiger partial charge in [0.1, 0.15) is 22.7 Å². The van der Waals surface area contributed by atoms with Gasteiger partial charge in [-0.25, -0.2) is 4.98 Å². The van der Waals surface area contributed by atoms with Crippen LogP contribution in [-0.2, 0) is 4.79 Å². The molecule has 1 atom stereocenters. The van der Waals surface area contributed by atoms with Crippen LogP contribution in [0.2, 0.25) is 5.02 Å². The Morgan fingerprint density at radius 2 is 1.96 bits per heavy atom. The van der Waals surface area contributed by atoms with Crippen LogP contribution in [0.1, 0.15) is 6.92 Å². The first-order valence-corrected chi connectivity index (χ1v) is 6.78. The number of benzene rings is 1. The summed E-state index contributed by atoms with van der Waals surface area (Å²) in [4.78, 5) is 24.7. The number of pyridine rings is 1. The zero-order valence-corrected chi connectivity index (χ0v) is 12.7. The molecule has 0 aliphatic heterocycles. The van der Waals surface area contributed by atoms with Crippen LogP contribution in [0.15, 0.2) is 36.5 Å². The number of nitrogens with two attached hydrogens (primary N) is 1. The van der Waals surface area contributed by atoms with Crippen molar-refractivity contribution in [3.8, 4) is 17.4 Å². The van der Waals surface area contributed by atoms with Crippen LogP contribution >= 0.6 is 11.6 Å². The molecule has 8 nitrogen and oxygen atoms in total. The molecule has 1 heterocycles. The molecule has 0 saturated carbocycles. The molecular formula is C14H12ClN3O5. The molecule has 0 fully saturated rings. The molecule has 1 aromatic carbocycles. The lowest BCUT2D eigenvalue weighted by molar-refractivity contribution is -0.385. The first kappa shape index (κ1) is 16.5. The molecule has 0 radical (unpaired) electrons. The van der Waals surface area contributed by atoms with Crippen molar-refractivity contribution < 1.29 is 19.2 Å². The monoisotopic (exact) mass is 337 g/mol. The second kappa shape index (κ2) is 6.93. The lowest BCUT2D eigenvalue weighted by Crippen LogP contribution is -2.30. The van der Waals surface area contributed by atoms with E-state index in [-0.39, 0.29) is 16.6 Å². The highest BCUT2D eigenvalue weighted by Crippen LogP contribution is 2.30. The fraction of sp³-hybridized carbons (Fsp3) is 0.143. The van der Waals surface area contributed by atoms with Crippen molar-refractivity contribution in [1.29, 1.82) is 0 Å². The van der Waals surface area contributed by atoms with E-state index in [1.807, 2.05) is 0 Å². The van der Waals surface area contributed by atoms with Crippen molar-refractivity contribution in [2.45, 2.75) is 13.0 Å². The minimum absolute atomic E-state index is 0.0156. The third-order valence-corrected chi connectivity index (χ3v) is 3.03. The third-order valence-electron chi connectivity index (χ3n) is 2.76. The Morgan fingerprint density at radius 3 is 2.48 bits per heavy atom. The van der Waals surface area contributed by atoms with E-state index in [4.69, 9.17) is 26.8 Å². The number of nitro groups is 1. The molecule has 0 bridgehead atoms. The van der Waals surface area contributed by atoms with E-state index in [1.54, 1.807) is 24.3 Å². The van der Waals surface area contributed by atoms with Crippen LogP contribution in [0.4, 0.5) is 5.69 Å². The predicted molar refractivity (Wildman–Crippen MR) is 81.7 cm³/mol. The average Bonchev–Trinajstić information content (AvgIpc) is 2.50. The number of hydrogen-bond acceptors (Lipinski definition) is 6. The fourth-order valence-corrected chi connectivity index (χ4v) is 1.75. The Kier molecular flexibility index (Phi) is 4.97. The summed E-state index contributed by atoms with van der Waals surface area (Å²) >= 11 is 5.89. The van der Waals surface area contributed by atoms with Crippen LogP contribution in [0.3, 0.4) is 0 Å². The van der Waals surface area contributed by atoms with Crippen molar-refractivity contribution in [2.24, 2.45) is 5.73 Å². The Labute approximate surface area is 135 Å². The number of halogens is 1. The highest BCUT2D eigenvalue weighted by atomic mass is 35.5. The smallest absolute Gasteiger partial charge is 0.289 e. The van der Waals surface area contributed by atoms with Gasteiger partial charge in [-0.15, -0.1) is 0 Å². The molecule has 9 heteroatoms. The SMILES string of the molecule is CC(Oc1ccc(Oc2ncc([N+](=O)[O-])cc2Cl)cc1)C(N)=O. The van der Waals surface area contributed by atoms with Crippen LogP contribution in [-0.4, -0.2) is 21.9 Å². The van der Waals surface area contributed by atoms with Crippen molar-refractivity contribution in [2.75, 3.05) is 0 Å². The zero-order valence-electron chi connectivity index (χ0n) is 11.9. The van der Waals surface area contributed by atoms with Gasteiger partial charge in [-0.3, -0.25) is 14.9 Å². The molecule has 0 spiro atoms. The van der Waals surface area contributed by atoms with Gasteiger partial charge in [-0.1, -0.05) is 11.6 Å². The molecular weight excluding hydrogens is 326 g/mol. The Balaban J connectivity index is 2.09. The minimum atomic E-state index is -0.757. The number of carbonyl (C=O) groups is 1. The standard InChI is InChI=1S/C14H12ClN3O5/c1-8(13(16)19)22-10-2-4-11(5-3-10)23-14-12(15)6-9(7-17-14)18(20)21/h2-8H,1H3,(H2,16,19). The summed E-state index contributed by atoms with van der Waals surface area (Å²) in [5, 5.41) is 10.6. The molecule has 1 amide bonds. The van der Waals surface area contributed by atoms with E-state index in [1.165, 1.54) is 6.92 Å². The van der Waals surface area contributed by atoms with E-state index in [9.17, 15) is 14.9 Å². The van der Waals surface area contributed by atoms with Gasteiger partial charge in [0.05, 0.1) is 4.92 Å². The van der Waals surface area contributed by atoms with Gasteiger partial charge >= 0.3 is 0 Å². The van der Waals surface area contributed by atoms with Gasteiger partial charge in [0.15, 0.2) is 6.10 Å². The highest BCUT2D eigenvalue weighted by Gasteiger charge is 2.13. The Hall–Kier alpha value is -2.87. The van der Waals surface area contributed by atoms with E-state index < -0.39 is 16.9 Å². The number of aromatic nitrogens is 1. The van der Waals surface area contributed by atoms with Gasteiger partial charge in [0, 0.05) is 6.07 Å². The summed E-state index contributed by atoms with van der Waals surface area (Å²) in [6.07, 6.45) is 0.292. The van der Waals surface area contributed by atoms with Crippen molar-refractivity contribution in [3.63, 3.8) is 0 Å². The van der Waals surface area contributed by atoms with Crippen LogP contribution in [0.25, 0.3) is 0 Å². The molecule has 1 aromatic heterocycles. The fourth-order valence-electron chi connectivity index (χ4n) is 1.55. The zero-order chi connectivity index (χ0) is 17.0. The largest absolute Gasteiger partial charge is 0.481 e. The third kappa shape index (κ3) is 4.30. The first-order valence-electron chi connectivity index (χ1n) is 6.40. The summed E-state index contributed by atoms with van der Waals surface area (Å²) < 4.78 is 10.7. The summed E-state index contributed by atoms with van der Waals surface area (Å²) in [5.74, 6) is 0.294. The Morgan fingerprint density at radius 1 is 1.35 bits per heavy atom. The average molecular weight is 338 g/mol.